The summed E-state index contributed by atoms with van der Waals surface area (Å²) in [5.41, 5.74) is -0.325. The molecule has 3 aromatic rings. The number of aryl methyl sites for hydroxylation is 1. The molecule has 0 radical (unpaired) electrons. The van der Waals surface area contributed by atoms with E-state index in [9.17, 15) is 22.0 Å². The van der Waals surface area contributed by atoms with Gasteiger partial charge in [-0.25, -0.2) is 21.9 Å². The van der Waals surface area contributed by atoms with E-state index in [0.29, 0.717) is 0 Å². The lowest BCUT2D eigenvalue weighted by atomic mass is 10.1. The molecule has 1 N–H and O–H groups in total. The second-order valence-corrected chi connectivity index (χ2v) is 6.97. The Morgan fingerprint density at radius 1 is 1.08 bits per heavy atom. The molecule has 0 saturated heterocycles. The average molecular weight is 362 g/mol. The normalized spacial score (nSPS) is 11.5. The van der Waals surface area contributed by atoms with Crippen LogP contribution in [0.5, 0.6) is 0 Å². The van der Waals surface area contributed by atoms with Gasteiger partial charge in [0.2, 0.25) is 0 Å². The Hall–Kier alpha value is -2.87. The molecule has 0 spiro atoms. The molecule has 5 nitrogen and oxygen atoms in total. The van der Waals surface area contributed by atoms with Gasteiger partial charge in [-0.1, -0.05) is 12.1 Å². The number of halogens is 2. The standard InChI is InChI=1S/C17H12F2N2O3S/c1-10-4-2-5-12(15(10)19)17(22)21-25(23,24)14-8-7-13(18)16-11(14)6-3-9-20-16/h2-9H,1H3,(H,21,22). The number of nitrogens with zero attached hydrogens (tertiary/aromatic N) is 1. The van der Waals surface area contributed by atoms with Crippen LogP contribution < -0.4 is 4.72 Å². The molecule has 0 aliphatic rings. The van der Waals surface area contributed by atoms with E-state index >= 15 is 0 Å². The van der Waals surface area contributed by atoms with Gasteiger partial charge in [0.05, 0.1) is 10.5 Å². The first-order valence-electron chi connectivity index (χ1n) is 7.17. The molecule has 2 aromatic carbocycles. The van der Waals surface area contributed by atoms with Crippen LogP contribution in [0.3, 0.4) is 0 Å². The molecule has 0 saturated carbocycles. The summed E-state index contributed by atoms with van der Waals surface area (Å²) in [5, 5.41) is 0.0208. The SMILES string of the molecule is Cc1cccc(C(=O)NS(=O)(=O)c2ccc(F)c3ncccc23)c1F. The summed E-state index contributed by atoms with van der Waals surface area (Å²) in [6.45, 7) is 1.46. The van der Waals surface area contributed by atoms with E-state index in [-0.39, 0.29) is 21.4 Å². The fourth-order valence-electron chi connectivity index (χ4n) is 2.40. The summed E-state index contributed by atoms with van der Waals surface area (Å²) in [6, 6.07) is 8.87. The van der Waals surface area contributed by atoms with E-state index in [4.69, 9.17) is 0 Å². The third-order valence-electron chi connectivity index (χ3n) is 3.63. The number of hydrogen-bond acceptors (Lipinski definition) is 4. The van der Waals surface area contributed by atoms with Crippen LogP contribution in [0.4, 0.5) is 8.78 Å². The summed E-state index contributed by atoms with van der Waals surface area (Å²) in [5.74, 6) is -2.60. The number of fused-ring (bicyclic) bond motifs is 1. The Balaban J connectivity index is 2.05. The lowest BCUT2D eigenvalue weighted by molar-refractivity contribution is 0.0977. The lowest BCUT2D eigenvalue weighted by Crippen LogP contribution is -2.31. The van der Waals surface area contributed by atoms with Gasteiger partial charge < -0.3 is 0 Å². The van der Waals surface area contributed by atoms with Gasteiger partial charge in [0.15, 0.2) is 0 Å². The minimum Gasteiger partial charge on any atom is -0.268 e. The van der Waals surface area contributed by atoms with Crippen LogP contribution in [0, 0.1) is 18.6 Å². The third kappa shape index (κ3) is 3.08. The van der Waals surface area contributed by atoms with Crippen molar-refractivity contribution in [1.29, 1.82) is 0 Å². The molecule has 8 heteroatoms. The van der Waals surface area contributed by atoms with Gasteiger partial charge in [-0.2, -0.15) is 0 Å². The van der Waals surface area contributed by atoms with Crippen LogP contribution in [0.25, 0.3) is 10.9 Å². The number of sulfonamides is 1. The van der Waals surface area contributed by atoms with Crippen LogP contribution in [-0.4, -0.2) is 19.3 Å². The zero-order valence-electron chi connectivity index (χ0n) is 13.0. The Morgan fingerprint density at radius 3 is 2.60 bits per heavy atom. The van der Waals surface area contributed by atoms with Gasteiger partial charge in [0.25, 0.3) is 15.9 Å². The van der Waals surface area contributed by atoms with E-state index in [1.54, 1.807) is 0 Å². The van der Waals surface area contributed by atoms with Crippen molar-refractivity contribution in [1.82, 2.24) is 9.71 Å². The van der Waals surface area contributed by atoms with Crippen LogP contribution in [0.1, 0.15) is 15.9 Å². The summed E-state index contributed by atoms with van der Waals surface area (Å²) in [7, 11) is -4.35. The van der Waals surface area contributed by atoms with E-state index in [0.717, 1.165) is 12.1 Å². The van der Waals surface area contributed by atoms with E-state index in [2.05, 4.69) is 4.98 Å². The molecular weight excluding hydrogens is 350 g/mol. The molecule has 3 rings (SSSR count). The number of carbonyl (C=O) groups excluding carboxylic acids is 1. The van der Waals surface area contributed by atoms with Crippen LogP contribution in [-0.2, 0) is 10.0 Å². The van der Waals surface area contributed by atoms with Gasteiger partial charge in [-0.05, 0) is 42.8 Å². The summed E-state index contributed by atoms with van der Waals surface area (Å²) < 4.78 is 54.7. The topological polar surface area (TPSA) is 76.1 Å². The second-order valence-electron chi connectivity index (χ2n) is 5.32. The highest BCUT2D eigenvalue weighted by Crippen LogP contribution is 2.24. The zero-order valence-corrected chi connectivity index (χ0v) is 13.8. The molecule has 1 heterocycles. The van der Waals surface area contributed by atoms with Crippen molar-refractivity contribution in [3.8, 4) is 0 Å². The number of pyridine rings is 1. The molecule has 0 bridgehead atoms. The quantitative estimate of drug-likeness (QED) is 0.777. The Labute approximate surface area is 142 Å². The molecule has 128 valence electrons. The number of benzene rings is 2. The maximum atomic E-state index is 14.0. The smallest absolute Gasteiger partial charge is 0.267 e. The number of nitrogens with one attached hydrogen (secondary N) is 1. The predicted octanol–water partition coefficient (Wildman–Crippen LogP) is 2.94. The van der Waals surface area contributed by atoms with Gasteiger partial charge in [0.1, 0.15) is 17.2 Å². The molecule has 1 amide bonds. The van der Waals surface area contributed by atoms with E-state index in [1.165, 1.54) is 43.5 Å². The predicted molar refractivity (Wildman–Crippen MR) is 87.5 cm³/mol. The zero-order chi connectivity index (χ0) is 18.2. The lowest BCUT2D eigenvalue weighted by Gasteiger charge is -2.10. The fourth-order valence-corrected chi connectivity index (χ4v) is 3.57. The number of amides is 1. The molecule has 0 atom stereocenters. The monoisotopic (exact) mass is 362 g/mol. The minimum atomic E-state index is -4.35. The van der Waals surface area contributed by atoms with Crippen molar-refractivity contribution >= 4 is 26.8 Å². The molecule has 1 aromatic heterocycles. The minimum absolute atomic E-state index is 0.0208. The van der Waals surface area contributed by atoms with Crippen LogP contribution >= 0.6 is 0 Å². The first-order valence-corrected chi connectivity index (χ1v) is 8.65. The Bertz CT molecular complexity index is 1100. The molecule has 25 heavy (non-hydrogen) atoms. The van der Waals surface area contributed by atoms with E-state index in [1.807, 2.05) is 4.72 Å². The van der Waals surface area contributed by atoms with Gasteiger partial charge in [-0.3, -0.25) is 9.78 Å². The first-order chi connectivity index (χ1) is 11.8. The summed E-state index contributed by atoms with van der Waals surface area (Å²) in [6.07, 6.45) is 1.32. The highest BCUT2D eigenvalue weighted by molar-refractivity contribution is 7.90. The van der Waals surface area contributed by atoms with Gasteiger partial charge in [0, 0.05) is 11.6 Å². The van der Waals surface area contributed by atoms with Crippen LogP contribution in [0.15, 0.2) is 53.6 Å². The maximum Gasteiger partial charge on any atom is 0.267 e. The van der Waals surface area contributed by atoms with Crippen molar-refractivity contribution in [2.45, 2.75) is 11.8 Å². The Morgan fingerprint density at radius 2 is 1.84 bits per heavy atom. The first kappa shape index (κ1) is 17.0. The molecule has 0 unspecified atom stereocenters. The number of carbonyl (C=O) groups is 1. The van der Waals surface area contributed by atoms with Crippen molar-refractivity contribution in [3.05, 3.63) is 71.4 Å². The van der Waals surface area contributed by atoms with E-state index < -0.39 is 33.1 Å². The van der Waals surface area contributed by atoms with Crippen molar-refractivity contribution in [3.63, 3.8) is 0 Å². The van der Waals surface area contributed by atoms with Crippen LogP contribution in [0.2, 0.25) is 0 Å². The molecule has 0 aliphatic heterocycles. The molecular formula is C17H12F2N2O3S. The number of hydrogen-bond donors (Lipinski definition) is 1. The fraction of sp³-hybridized carbons (Fsp3) is 0.0588. The number of aromatic nitrogens is 1. The third-order valence-corrected chi connectivity index (χ3v) is 5.02. The van der Waals surface area contributed by atoms with Crippen molar-refractivity contribution in [2.24, 2.45) is 0 Å². The van der Waals surface area contributed by atoms with Crippen molar-refractivity contribution in [2.75, 3.05) is 0 Å². The molecule has 0 fully saturated rings. The maximum absolute atomic E-state index is 14.0. The van der Waals surface area contributed by atoms with Gasteiger partial charge in [-0.15, -0.1) is 0 Å². The Kier molecular flexibility index (Phi) is 4.22. The highest BCUT2D eigenvalue weighted by atomic mass is 32.2. The number of rotatable bonds is 3. The summed E-state index contributed by atoms with van der Waals surface area (Å²) in [4.78, 5) is 15.7. The molecule has 0 aliphatic carbocycles. The average Bonchev–Trinajstić information content (AvgIpc) is 2.57. The highest BCUT2D eigenvalue weighted by Gasteiger charge is 2.24. The largest absolute Gasteiger partial charge is 0.268 e. The summed E-state index contributed by atoms with van der Waals surface area (Å²) >= 11 is 0. The second kappa shape index (κ2) is 6.21. The van der Waals surface area contributed by atoms with Crippen molar-refractivity contribution < 1.29 is 22.0 Å². The van der Waals surface area contributed by atoms with Gasteiger partial charge >= 0.3 is 0 Å².